The number of carboxylic acids is 1. The van der Waals surface area contributed by atoms with Crippen molar-refractivity contribution in [1.82, 2.24) is 5.32 Å². The number of benzene rings is 1. The van der Waals surface area contributed by atoms with Crippen molar-refractivity contribution < 1.29 is 20.1 Å². The van der Waals surface area contributed by atoms with E-state index < -0.39 is 11.9 Å². The molecule has 1 fully saturated rings. The number of hydrogen-bond acceptors (Lipinski definition) is 4. The highest BCUT2D eigenvalue weighted by Gasteiger charge is 2.33. The third kappa shape index (κ3) is 2.23. The number of carbonyl (C=O) groups is 1. The van der Waals surface area contributed by atoms with Crippen molar-refractivity contribution in [3.63, 3.8) is 0 Å². The molecule has 1 heterocycles. The zero-order valence-electron chi connectivity index (χ0n) is 8.85. The van der Waals surface area contributed by atoms with E-state index >= 15 is 0 Å². The van der Waals surface area contributed by atoms with Gasteiger partial charge in [-0.25, -0.2) is 0 Å². The van der Waals surface area contributed by atoms with Gasteiger partial charge in [0.25, 0.3) is 0 Å². The molecule has 0 amide bonds. The van der Waals surface area contributed by atoms with Crippen molar-refractivity contribution in [3.05, 3.63) is 22.2 Å². The van der Waals surface area contributed by atoms with Gasteiger partial charge in [-0.3, -0.25) is 4.79 Å². The summed E-state index contributed by atoms with van der Waals surface area (Å²) in [6.07, 6.45) is 0.394. The summed E-state index contributed by atoms with van der Waals surface area (Å²) < 4.78 is 0.649. The lowest BCUT2D eigenvalue weighted by Gasteiger charge is -2.15. The highest BCUT2D eigenvalue weighted by Crippen LogP contribution is 2.41. The maximum absolute atomic E-state index is 10.9. The Morgan fingerprint density at radius 1 is 1.41 bits per heavy atom. The molecule has 5 nitrogen and oxygen atoms in total. The maximum Gasteiger partial charge on any atom is 0.307 e. The van der Waals surface area contributed by atoms with E-state index in [0.29, 0.717) is 23.0 Å². The van der Waals surface area contributed by atoms with Crippen LogP contribution in [0, 0.1) is 5.92 Å². The van der Waals surface area contributed by atoms with E-state index in [-0.39, 0.29) is 17.5 Å². The number of aromatic hydroxyl groups is 2. The first kappa shape index (κ1) is 12.2. The highest BCUT2D eigenvalue weighted by atomic mass is 79.9. The number of hydrogen-bond donors (Lipinski definition) is 4. The van der Waals surface area contributed by atoms with Crippen LogP contribution in [0.3, 0.4) is 0 Å². The van der Waals surface area contributed by atoms with Crippen LogP contribution in [-0.2, 0) is 4.79 Å². The molecular weight excluding hydrogens is 290 g/mol. The summed E-state index contributed by atoms with van der Waals surface area (Å²) in [5, 5.41) is 31.2. The molecule has 2 rings (SSSR count). The van der Waals surface area contributed by atoms with Gasteiger partial charge in [-0.2, -0.15) is 0 Å². The van der Waals surface area contributed by atoms with Gasteiger partial charge in [-0.15, -0.1) is 0 Å². The van der Waals surface area contributed by atoms with Crippen molar-refractivity contribution in [2.45, 2.75) is 12.5 Å². The van der Waals surface area contributed by atoms with Gasteiger partial charge in [0.1, 0.15) is 0 Å². The first-order valence-corrected chi connectivity index (χ1v) is 5.96. The normalized spacial score (nSPS) is 23.8. The van der Waals surface area contributed by atoms with Crippen LogP contribution in [0.2, 0.25) is 0 Å². The zero-order valence-corrected chi connectivity index (χ0v) is 10.4. The van der Waals surface area contributed by atoms with Gasteiger partial charge in [0, 0.05) is 22.6 Å². The van der Waals surface area contributed by atoms with Crippen molar-refractivity contribution in [1.29, 1.82) is 0 Å². The van der Waals surface area contributed by atoms with E-state index in [0.717, 1.165) is 0 Å². The number of phenolic OH excluding ortho intramolecular Hbond substituents is 2. The van der Waals surface area contributed by atoms with E-state index in [4.69, 9.17) is 5.11 Å². The average Bonchev–Trinajstić information content (AvgIpc) is 2.73. The Morgan fingerprint density at radius 3 is 2.71 bits per heavy atom. The fourth-order valence-electron chi connectivity index (χ4n) is 2.05. The summed E-state index contributed by atoms with van der Waals surface area (Å²) in [4.78, 5) is 10.9. The number of carboxylic acid groups (broad SMARTS) is 1. The Morgan fingerprint density at radius 2 is 2.12 bits per heavy atom. The smallest absolute Gasteiger partial charge is 0.307 e. The minimum atomic E-state index is -0.851. The molecule has 2 unspecified atom stereocenters. The van der Waals surface area contributed by atoms with Crippen LogP contribution < -0.4 is 5.32 Å². The lowest BCUT2D eigenvalue weighted by Crippen LogP contribution is -2.17. The van der Waals surface area contributed by atoms with Gasteiger partial charge in [0.15, 0.2) is 11.5 Å². The summed E-state index contributed by atoms with van der Waals surface area (Å²) >= 11 is 3.29. The lowest BCUT2D eigenvalue weighted by molar-refractivity contribution is -0.141. The number of aliphatic carboxylic acids is 1. The van der Waals surface area contributed by atoms with Crippen molar-refractivity contribution >= 4 is 21.9 Å². The molecule has 1 aromatic carbocycles. The second kappa shape index (κ2) is 4.54. The first-order chi connectivity index (χ1) is 8.00. The van der Waals surface area contributed by atoms with Crippen LogP contribution in [0.25, 0.3) is 0 Å². The van der Waals surface area contributed by atoms with Crippen LogP contribution >= 0.6 is 15.9 Å². The third-order valence-corrected chi connectivity index (χ3v) is 3.66. The molecule has 1 aromatic rings. The number of rotatable bonds is 2. The minimum Gasteiger partial charge on any atom is -0.504 e. The maximum atomic E-state index is 10.9. The number of halogens is 1. The summed E-state index contributed by atoms with van der Waals surface area (Å²) in [5.74, 6) is -1.73. The van der Waals surface area contributed by atoms with Crippen LogP contribution in [0.15, 0.2) is 16.6 Å². The monoisotopic (exact) mass is 301 g/mol. The van der Waals surface area contributed by atoms with Gasteiger partial charge >= 0.3 is 5.97 Å². The van der Waals surface area contributed by atoms with Gasteiger partial charge < -0.3 is 20.6 Å². The fraction of sp³-hybridized carbons (Fsp3) is 0.364. The Hall–Kier alpha value is -1.27. The van der Waals surface area contributed by atoms with Crippen molar-refractivity contribution in [2.75, 3.05) is 6.54 Å². The molecule has 0 saturated carbocycles. The fourth-order valence-corrected chi connectivity index (χ4v) is 2.64. The first-order valence-electron chi connectivity index (χ1n) is 5.17. The number of phenols is 2. The Bertz CT molecular complexity index is 463. The highest BCUT2D eigenvalue weighted by molar-refractivity contribution is 9.10. The summed E-state index contributed by atoms with van der Waals surface area (Å²) in [7, 11) is 0. The van der Waals surface area contributed by atoms with Crippen LogP contribution in [0.4, 0.5) is 0 Å². The Balaban J connectivity index is 2.30. The second-order valence-electron chi connectivity index (χ2n) is 4.06. The molecule has 0 aromatic heterocycles. The Kier molecular flexibility index (Phi) is 3.26. The number of nitrogens with one attached hydrogen (secondary N) is 1. The molecule has 0 aliphatic carbocycles. The molecule has 6 heteroatoms. The summed E-state index contributed by atoms with van der Waals surface area (Å²) in [6, 6.07) is 2.74. The van der Waals surface area contributed by atoms with E-state index in [1.165, 1.54) is 6.07 Å². The van der Waals surface area contributed by atoms with Crippen molar-refractivity contribution in [2.24, 2.45) is 5.92 Å². The molecule has 0 radical (unpaired) electrons. The molecule has 4 N–H and O–H groups in total. The lowest BCUT2D eigenvalue weighted by atomic mass is 9.99. The van der Waals surface area contributed by atoms with Crippen LogP contribution in [0.5, 0.6) is 11.5 Å². The molecule has 1 aliphatic rings. The largest absolute Gasteiger partial charge is 0.504 e. The van der Waals surface area contributed by atoms with Crippen LogP contribution in [0.1, 0.15) is 18.0 Å². The molecular formula is C11H12BrNO4. The average molecular weight is 302 g/mol. The SMILES string of the molecule is O=C(O)C1CNC(c2c(Br)ccc(O)c2O)C1. The van der Waals surface area contributed by atoms with Gasteiger partial charge in [0.05, 0.1) is 5.92 Å². The standard InChI is InChI=1S/C11H12BrNO4/c12-6-1-2-8(14)10(15)9(6)7-3-5(4-13-7)11(16)17/h1-2,5,7,13-15H,3-4H2,(H,16,17). The van der Waals surface area contributed by atoms with Gasteiger partial charge in [0.2, 0.25) is 0 Å². The third-order valence-electron chi connectivity index (χ3n) is 2.97. The molecule has 0 spiro atoms. The summed E-state index contributed by atoms with van der Waals surface area (Å²) in [6.45, 7) is 0.363. The topological polar surface area (TPSA) is 89.8 Å². The second-order valence-corrected chi connectivity index (χ2v) is 4.91. The van der Waals surface area contributed by atoms with Gasteiger partial charge in [-0.1, -0.05) is 15.9 Å². The quantitative estimate of drug-likeness (QED) is 0.623. The van der Waals surface area contributed by atoms with E-state index in [2.05, 4.69) is 21.2 Å². The molecule has 92 valence electrons. The Labute approximate surface area is 106 Å². The zero-order chi connectivity index (χ0) is 12.6. The van der Waals surface area contributed by atoms with E-state index in [1.807, 2.05) is 0 Å². The van der Waals surface area contributed by atoms with E-state index in [9.17, 15) is 15.0 Å². The molecule has 17 heavy (non-hydrogen) atoms. The summed E-state index contributed by atoms with van der Waals surface area (Å²) in [5.41, 5.74) is 0.508. The molecule has 1 saturated heterocycles. The van der Waals surface area contributed by atoms with Crippen LogP contribution in [-0.4, -0.2) is 27.8 Å². The van der Waals surface area contributed by atoms with E-state index in [1.54, 1.807) is 6.07 Å². The molecule has 0 bridgehead atoms. The van der Waals surface area contributed by atoms with Gasteiger partial charge in [-0.05, 0) is 18.6 Å². The predicted octanol–water partition coefficient (Wildman–Crippen LogP) is 1.60. The predicted molar refractivity (Wildman–Crippen MR) is 64.0 cm³/mol. The van der Waals surface area contributed by atoms with Crippen molar-refractivity contribution in [3.8, 4) is 11.5 Å². The minimum absolute atomic E-state index is 0.205. The molecule has 2 atom stereocenters. The molecule has 1 aliphatic heterocycles.